The summed E-state index contributed by atoms with van der Waals surface area (Å²) in [6.45, 7) is 6.45. The lowest BCUT2D eigenvalue weighted by Gasteiger charge is -2.19. The molecule has 1 aliphatic carbocycles. The summed E-state index contributed by atoms with van der Waals surface area (Å²) in [6, 6.07) is 7.79. The average molecular weight is 264 g/mol. The van der Waals surface area contributed by atoms with Crippen molar-refractivity contribution in [2.24, 2.45) is 5.92 Å². The molecule has 3 heteroatoms. The molecule has 18 heavy (non-hydrogen) atoms. The normalized spacial score (nSPS) is 17.5. The van der Waals surface area contributed by atoms with Crippen molar-refractivity contribution in [2.75, 3.05) is 5.75 Å². The van der Waals surface area contributed by atoms with Gasteiger partial charge in [0.1, 0.15) is 5.78 Å². The molecule has 2 nitrogen and oxygen atoms in total. The summed E-state index contributed by atoms with van der Waals surface area (Å²) >= 11 is 0. The van der Waals surface area contributed by atoms with Gasteiger partial charge in [0.2, 0.25) is 0 Å². The van der Waals surface area contributed by atoms with E-state index in [4.69, 9.17) is 0 Å². The third kappa shape index (κ3) is 3.29. The van der Waals surface area contributed by atoms with Crippen molar-refractivity contribution in [1.82, 2.24) is 0 Å². The van der Waals surface area contributed by atoms with Crippen LogP contribution < -0.4 is 0 Å². The van der Waals surface area contributed by atoms with Gasteiger partial charge in [0.05, 0.1) is 16.6 Å². The predicted molar refractivity (Wildman–Crippen MR) is 74.1 cm³/mol. The minimum absolute atomic E-state index is 0.101. The van der Waals surface area contributed by atoms with E-state index in [0.717, 1.165) is 17.7 Å². The van der Waals surface area contributed by atoms with E-state index in [-0.39, 0.29) is 22.9 Å². The molecule has 0 N–H and O–H groups in total. The number of hydrogen-bond acceptors (Lipinski definition) is 2. The molecule has 0 saturated heterocycles. The molecule has 1 saturated carbocycles. The minimum atomic E-state index is -1.18. The summed E-state index contributed by atoms with van der Waals surface area (Å²) in [7, 11) is -1.18. The van der Waals surface area contributed by atoms with Crippen molar-refractivity contribution in [3.05, 3.63) is 29.8 Å². The van der Waals surface area contributed by atoms with Crippen molar-refractivity contribution in [2.45, 2.75) is 43.9 Å². The third-order valence-electron chi connectivity index (χ3n) is 3.29. The standard InChI is InChI=1S/C15H20O2S/c1-15(2,3)12-6-8-13(9-7-12)18(17)10-14(16)11-4-5-11/h6-9,11H,4-5,10H2,1-3H3. The molecule has 1 aliphatic rings. The van der Waals surface area contributed by atoms with E-state index < -0.39 is 10.8 Å². The SMILES string of the molecule is CC(C)(C)c1ccc(S(=O)CC(=O)C2CC2)cc1. The fourth-order valence-corrected chi connectivity index (χ4v) is 2.94. The molecule has 1 aromatic carbocycles. The van der Waals surface area contributed by atoms with Crippen LogP contribution in [0.2, 0.25) is 0 Å². The van der Waals surface area contributed by atoms with Gasteiger partial charge in [-0.2, -0.15) is 0 Å². The third-order valence-corrected chi connectivity index (χ3v) is 4.63. The highest BCUT2D eigenvalue weighted by atomic mass is 32.2. The van der Waals surface area contributed by atoms with Gasteiger partial charge in [-0.15, -0.1) is 0 Å². The van der Waals surface area contributed by atoms with E-state index in [9.17, 15) is 9.00 Å². The lowest BCUT2D eigenvalue weighted by atomic mass is 9.87. The summed E-state index contributed by atoms with van der Waals surface area (Å²) in [5.74, 6) is 0.538. The molecular formula is C15H20O2S. The second-order valence-electron chi connectivity index (χ2n) is 6.00. The molecule has 0 aliphatic heterocycles. The second kappa shape index (κ2) is 4.96. The Morgan fingerprint density at radius 2 is 1.78 bits per heavy atom. The Morgan fingerprint density at radius 1 is 1.22 bits per heavy atom. The second-order valence-corrected chi connectivity index (χ2v) is 7.46. The van der Waals surface area contributed by atoms with Gasteiger partial charge in [-0.1, -0.05) is 32.9 Å². The molecule has 2 rings (SSSR count). The molecule has 98 valence electrons. The average Bonchev–Trinajstić information content (AvgIpc) is 3.11. The molecule has 0 radical (unpaired) electrons. The molecule has 0 bridgehead atoms. The van der Waals surface area contributed by atoms with Crippen LogP contribution in [-0.4, -0.2) is 15.7 Å². The number of benzene rings is 1. The fraction of sp³-hybridized carbons (Fsp3) is 0.533. The van der Waals surface area contributed by atoms with Gasteiger partial charge in [0.15, 0.2) is 0 Å². The van der Waals surface area contributed by atoms with E-state index >= 15 is 0 Å². The quantitative estimate of drug-likeness (QED) is 0.837. The lowest BCUT2D eigenvalue weighted by molar-refractivity contribution is -0.117. The summed E-state index contributed by atoms with van der Waals surface area (Å²) < 4.78 is 12.0. The summed E-state index contributed by atoms with van der Waals surface area (Å²) in [5.41, 5.74) is 1.32. The number of Topliss-reactive ketones (excluding diaryl/α,β-unsaturated/α-hetero) is 1. The lowest BCUT2D eigenvalue weighted by Crippen LogP contribution is -2.13. The Hall–Kier alpha value is -0.960. The molecule has 1 unspecified atom stereocenters. The molecule has 1 aromatic rings. The highest BCUT2D eigenvalue weighted by Crippen LogP contribution is 2.30. The fourth-order valence-electron chi connectivity index (χ4n) is 1.84. The van der Waals surface area contributed by atoms with Crippen LogP contribution >= 0.6 is 0 Å². The monoisotopic (exact) mass is 264 g/mol. The maximum Gasteiger partial charge on any atom is 0.148 e. The highest BCUT2D eigenvalue weighted by molar-refractivity contribution is 7.85. The topological polar surface area (TPSA) is 34.1 Å². The molecule has 0 amide bonds. The van der Waals surface area contributed by atoms with Crippen LogP contribution in [0.15, 0.2) is 29.2 Å². The Bertz CT molecular complexity index is 464. The van der Waals surface area contributed by atoms with Crippen LogP contribution in [0.1, 0.15) is 39.2 Å². The van der Waals surface area contributed by atoms with E-state index in [1.807, 2.05) is 24.3 Å². The first-order valence-electron chi connectivity index (χ1n) is 6.39. The van der Waals surface area contributed by atoms with E-state index in [0.29, 0.717) is 0 Å². The van der Waals surface area contributed by atoms with Crippen LogP contribution in [-0.2, 0) is 21.0 Å². The molecule has 0 aromatic heterocycles. The van der Waals surface area contributed by atoms with Crippen LogP contribution in [0.3, 0.4) is 0 Å². The Balaban J connectivity index is 2.04. The zero-order valence-electron chi connectivity index (χ0n) is 11.2. The van der Waals surface area contributed by atoms with Crippen molar-refractivity contribution >= 4 is 16.6 Å². The van der Waals surface area contributed by atoms with Crippen molar-refractivity contribution in [3.8, 4) is 0 Å². The zero-order chi connectivity index (χ0) is 13.3. The van der Waals surface area contributed by atoms with Gasteiger partial charge >= 0.3 is 0 Å². The molecule has 0 heterocycles. The Morgan fingerprint density at radius 3 is 2.22 bits per heavy atom. The molecule has 0 spiro atoms. The van der Waals surface area contributed by atoms with Gasteiger partial charge in [0.25, 0.3) is 0 Å². The first kappa shape index (κ1) is 13.5. The number of ketones is 1. The van der Waals surface area contributed by atoms with E-state index in [1.165, 1.54) is 5.56 Å². The largest absolute Gasteiger partial charge is 0.298 e. The first-order chi connectivity index (χ1) is 8.38. The first-order valence-corrected chi connectivity index (χ1v) is 7.71. The summed E-state index contributed by atoms with van der Waals surface area (Å²) in [4.78, 5) is 12.4. The van der Waals surface area contributed by atoms with Gasteiger partial charge in [-0.3, -0.25) is 9.00 Å². The maximum atomic E-state index is 12.0. The molecule has 1 atom stereocenters. The number of carbonyl (C=O) groups excluding carboxylic acids is 1. The van der Waals surface area contributed by atoms with Crippen molar-refractivity contribution in [1.29, 1.82) is 0 Å². The van der Waals surface area contributed by atoms with Crippen LogP contribution in [0.25, 0.3) is 0 Å². The Kier molecular flexibility index (Phi) is 3.71. The van der Waals surface area contributed by atoms with Crippen LogP contribution in [0.5, 0.6) is 0 Å². The van der Waals surface area contributed by atoms with E-state index in [2.05, 4.69) is 20.8 Å². The van der Waals surface area contributed by atoms with Crippen LogP contribution in [0, 0.1) is 5.92 Å². The minimum Gasteiger partial charge on any atom is -0.298 e. The van der Waals surface area contributed by atoms with Gasteiger partial charge in [0, 0.05) is 10.8 Å². The number of rotatable bonds is 4. The van der Waals surface area contributed by atoms with E-state index in [1.54, 1.807) is 0 Å². The van der Waals surface area contributed by atoms with Crippen molar-refractivity contribution in [3.63, 3.8) is 0 Å². The number of hydrogen-bond donors (Lipinski definition) is 0. The van der Waals surface area contributed by atoms with Crippen molar-refractivity contribution < 1.29 is 9.00 Å². The van der Waals surface area contributed by atoms with Crippen LogP contribution in [0.4, 0.5) is 0 Å². The molecule has 1 fully saturated rings. The Labute approximate surface area is 111 Å². The highest BCUT2D eigenvalue weighted by Gasteiger charge is 2.30. The predicted octanol–water partition coefficient (Wildman–Crippen LogP) is 3.07. The smallest absolute Gasteiger partial charge is 0.148 e. The van der Waals surface area contributed by atoms with Gasteiger partial charge in [-0.25, -0.2) is 0 Å². The van der Waals surface area contributed by atoms with Gasteiger partial charge < -0.3 is 0 Å². The summed E-state index contributed by atoms with van der Waals surface area (Å²) in [5, 5.41) is 0. The van der Waals surface area contributed by atoms with Gasteiger partial charge in [-0.05, 0) is 36.0 Å². The molecular weight excluding hydrogens is 244 g/mol. The number of carbonyl (C=O) groups is 1. The maximum absolute atomic E-state index is 12.0. The zero-order valence-corrected chi connectivity index (χ0v) is 12.0. The summed E-state index contributed by atoms with van der Waals surface area (Å²) in [6.07, 6.45) is 1.97.